The number of hydrogen-bond acceptors (Lipinski definition) is 7. The minimum absolute atomic E-state index is 0.00630. The van der Waals surface area contributed by atoms with Crippen LogP contribution in [-0.2, 0) is 19.6 Å². The molecular weight excluding hydrogens is 446 g/mol. The lowest BCUT2D eigenvalue weighted by Gasteiger charge is -2.17. The van der Waals surface area contributed by atoms with E-state index in [1.807, 2.05) is 0 Å². The fourth-order valence-corrected chi connectivity index (χ4v) is 4.36. The molecule has 1 saturated heterocycles. The summed E-state index contributed by atoms with van der Waals surface area (Å²) in [6.07, 6.45) is 2.93. The number of ether oxygens (including phenoxy) is 1. The first-order chi connectivity index (χ1) is 15.9. The third-order valence-electron chi connectivity index (χ3n) is 5.08. The highest BCUT2D eigenvalue weighted by molar-refractivity contribution is 7.92. The summed E-state index contributed by atoms with van der Waals surface area (Å²) >= 11 is 0. The van der Waals surface area contributed by atoms with E-state index >= 15 is 0 Å². The summed E-state index contributed by atoms with van der Waals surface area (Å²) in [5, 5.41) is 2.74. The second-order valence-electron chi connectivity index (χ2n) is 7.30. The van der Waals surface area contributed by atoms with Crippen molar-refractivity contribution in [2.45, 2.75) is 11.3 Å². The summed E-state index contributed by atoms with van der Waals surface area (Å²) < 4.78 is 32.4. The van der Waals surface area contributed by atoms with E-state index in [0.717, 1.165) is 0 Å². The van der Waals surface area contributed by atoms with Crippen LogP contribution in [0.5, 0.6) is 5.75 Å². The van der Waals surface area contributed by atoms with Gasteiger partial charge in [-0.15, -0.1) is 0 Å². The van der Waals surface area contributed by atoms with Gasteiger partial charge in [-0.25, -0.2) is 23.1 Å². The van der Waals surface area contributed by atoms with Crippen molar-refractivity contribution < 1.29 is 22.7 Å². The number of sulfonamides is 1. The number of carbonyl (C=O) groups excluding carboxylic acids is 2. The maximum absolute atomic E-state index is 12.7. The predicted octanol–water partition coefficient (Wildman–Crippen LogP) is 2.28. The van der Waals surface area contributed by atoms with E-state index in [2.05, 4.69) is 20.0 Å². The Morgan fingerprint density at radius 3 is 2.52 bits per heavy atom. The summed E-state index contributed by atoms with van der Waals surface area (Å²) in [6, 6.07) is 14.4. The molecule has 2 N–H and O–H groups in total. The second-order valence-corrected chi connectivity index (χ2v) is 8.98. The molecule has 2 aromatic carbocycles. The van der Waals surface area contributed by atoms with Crippen molar-refractivity contribution >= 4 is 39.2 Å². The Morgan fingerprint density at radius 1 is 1.09 bits per heavy atom. The van der Waals surface area contributed by atoms with Crippen LogP contribution in [0, 0.1) is 5.92 Å². The summed E-state index contributed by atoms with van der Waals surface area (Å²) in [5.74, 6) is -0.429. The number of anilines is 3. The highest BCUT2D eigenvalue weighted by atomic mass is 32.2. The van der Waals surface area contributed by atoms with Crippen LogP contribution in [-0.4, -0.2) is 43.9 Å². The second kappa shape index (κ2) is 9.25. The van der Waals surface area contributed by atoms with Crippen LogP contribution < -0.4 is 19.7 Å². The zero-order valence-corrected chi connectivity index (χ0v) is 18.5. The van der Waals surface area contributed by atoms with Crippen LogP contribution in [0.2, 0.25) is 0 Å². The number of nitrogens with one attached hydrogen (secondary N) is 2. The van der Waals surface area contributed by atoms with Crippen molar-refractivity contribution in [2.75, 3.05) is 28.6 Å². The number of nitrogens with zero attached hydrogens (tertiary/aromatic N) is 3. The smallest absolute Gasteiger partial charge is 0.264 e. The molecule has 1 atom stereocenters. The number of aromatic nitrogens is 2. The Balaban J connectivity index is 1.40. The van der Waals surface area contributed by atoms with E-state index in [9.17, 15) is 18.0 Å². The van der Waals surface area contributed by atoms with Gasteiger partial charge in [0.05, 0.1) is 17.9 Å². The van der Waals surface area contributed by atoms with Crippen molar-refractivity contribution in [1.29, 1.82) is 0 Å². The van der Waals surface area contributed by atoms with E-state index < -0.39 is 15.9 Å². The lowest BCUT2D eigenvalue weighted by atomic mass is 10.1. The third kappa shape index (κ3) is 5.09. The number of carbonyl (C=O) groups is 2. The Hall–Kier alpha value is -3.99. The average molecular weight is 468 g/mol. The SMILES string of the molecule is COc1cccc(N2CC(C(=O)Nc3ccc(S(=O)(=O)Nc4ncccn4)cc3)CC2=O)c1. The van der Waals surface area contributed by atoms with E-state index in [0.29, 0.717) is 17.1 Å². The molecule has 1 fully saturated rings. The van der Waals surface area contributed by atoms with Crippen molar-refractivity contribution in [3.8, 4) is 5.75 Å². The first kappa shape index (κ1) is 22.2. The summed E-state index contributed by atoms with van der Waals surface area (Å²) in [5.41, 5.74) is 1.08. The van der Waals surface area contributed by atoms with Gasteiger partial charge < -0.3 is 15.0 Å². The quantitative estimate of drug-likeness (QED) is 0.545. The van der Waals surface area contributed by atoms with Crippen molar-refractivity contribution in [3.05, 3.63) is 67.0 Å². The molecule has 33 heavy (non-hydrogen) atoms. The molecule has 0 bridgehead atoms. The molecule has 11 heteroatoms. The molecule has 0 saturated carbocycles. The molecule has 170 valence electrons. The zero-order valence-electron chi connectivity index (χ0n) is 17.6. The van der Waals surface area contributed by atoms with Gasteiger partial charge in [-0.2, -0.15) is 0 Å². The van der Waals surface area contributed by atoms with Crippen LogP contribution in [0.3, 0.4) is 0 Å². The molecule has 4 rings (SSSR count). The summed E-state index contributed by atoms with van der Waals surface area (Å²) in [7, 11) is -2.33. The standard InChI is InChI=1S/C22H21N5O5S/c1-32-18-5-2-4-17(13-18)27-14-15(12-20(27)28)21(29)25-16-6-8-19(9-7-16)33(30,31)26-22-23-10-3-11-24-22/h2-11,13,15H,12,14H2,1H3,(H,25,29)(H,23,24,26). The van der Waals surface area contributed by atoms with Gasteiger partial charge in [-0.05, 0) is 42.5 Å². The number of methoxy groups -OCH3 is 1. The Labute approximate surface area is 190 Å². The molecule has 0 aliphatic carbocycles. The average Bonchev–Trinajstić information content (AvgIpc) is 3.21. The monoisotopic (exact) mass is 467 g/mol. The van der Waals surface area contributed by atoms with Crippen LogP contribution in [0.1, 0.15) is 6.42 Å². The molecular formula is C22H21N5O5S. The lowest BCUT2D eigenvalue weighted by molar-refractivity contribution is -0.122. The highest BCUT2D eigenvalue weighted by Crippen LogP contribution is 2.28. The molecule has 0 spiro atoms. The Morgan fingerprint density at radius 2 is 1.82 bits per heavy atom. The maximum atomic E-state index is 12.7. The highest BCUT2D eigenvalue weighted by Gasteiger charge is 2.35. The van der Waals surface area contributed by atoms with E-state index in [4.69, 9.17) is 4.74 Å². The van der Waals surface area contributed by atoms with Crippen LogP contribution in [0.15, 0.2) is 71.9 Å². The van der Waals surface area contributed by atoms with Crippen LogP contribution >= 0.6 is 0 Å². The Bertz CT molecular complexity index is 1270. The largest absolute Gasteiger partial charge is 0.497 e. The molecule has 1 unspecified atom stereocenters. The summed E-state index contributed by atoms with van der Waals surface area (Å²) in [6.45, 7) is 0.241. The molecule has 1 aliphatic rings. The third-order valence-corrected chi connectivity index (χ3v) is 6.43. The minimum atomic E-state index is -3.87. The number of amides is 2. The zero-order chi connectivity index (χ0) is 23.4. The molecule has 0 radical (unpaired) electrons. The van der Waals surface area contributed by atoms with Crippen LogP contribution in [0.25, 0.3) is 0 Å². The van der Waals surface area contributed by atoms with E-state index in [1.54, 1.807) is 42.3 Å². The first-order valence-corrected chi connectivity index (χ1v) is 11.5. The fraction of sp³-hybridized carbons (Fsp3) is 0.182. The van der Waals surface area contributed by atoms with Crippen LogP contribution in [0.4, 0.5) is 17.3 Å². The molecule has 2 heterocycles. The normalized spacial score (nSPS) is 15.8. The van der Waals surface area contributed by atoms with Crippen molar-refractivity contribution in [1.82, 2.24) is 9.97 Å². The van der Waals surface area contributed by atoms with Gasteiger partial charge in [0, 0.05) is 42.8 Å². The fourth-order valence-electron chi connectivity index (χ4n) is 3.40. The number of hydrogen-bond donors (Lipinski definition) is 2. The molecule has 1 aliphatic heterocycles. The van der Waals surface area contributed by atoms with Crippen molar-refractivity contribution in [3.63, 3.8) is 0 Å². The van der Waals surface area contributed by atoms with E-state index in [-0.39, 0.29) is 35.6 Å². The maximum Gasteiger partial charge on any atom is 0.264 e. The van der Waals surface area contributed by atoms with Crippen molar-refractivity contribution in [2.24, 2.45) is 5.92 Å². The van der Waals surface area contributed by atoms with Gasteiger partial charge in [0.1, 0.15) is 5.75 Å². The van der Waals surface area contributed by atoms with Gasteiger partial charge in [0.25, 0.3) is 10.0 Å². The van der Waals surface area contributed by atoms with Gasteiger partial charge in [-0.1, -0.05) is 6.07 Å². The lowest BCUT2D eigenvalue weighted by Crippen LogP contribution is -2.28. The topological polar surface area (TPSA) is 131 Å². The summed E-state index contributed by atoms with van der Waals surface area (Å²) in [4.78, 5) is 34.4. The van der Waals surface area contributed by atoms with E-state index in [1.165, 1.54) is 36.7 Å². The first-order valence-electron chi connectivity index (χ1n) is 10.0. The van der Waals surface area contributed by atoms with Gasteiger partial charge in [0.2, 0.25) is 17.8 Å². The number of benzene rings is 2. The molecule has 10 nitrogen and oxygen atoms in total. The minimum Gasteiger partial charge on any atom is -0.497 e. The van der Waals surface area contributed by atoms with Gasteiger partial charge in [0.15, 0.2) is 0 Å². The van der Waals surface area contributed by atoms with Gasteiger partial charge in [-0.3, -0.25) is 9.59 Å². The number of rotatable bonds is 7. The van der Waals surface area contributed by atoms with Gasteiger partial charge >= 0.3 is 0 Å². The Kier molecular flexibility index (Phi) is 6.22. The predicted molar refractivity (Wildman–Crippen MR) is 121 cm³/mol. The molecule has 1 aromatic heterocycles. The molecule has 2 amide bonds. The molecule has 3 aromatic rings.